The summed E-state index contributed by atoms with van der Waals surface area (Å²) in [5, 5.41) is 10.1. The second-order valence-corrected chi connectivity index (χ2v) is 12.7. The summed E-state index contributed by atoms with van der Waals surface area (Å²) < 4.78 is 60.1. The second-order valence-electron chi connectivity index (χ2n) is 10.8. The Morgan fingerprint density at radius 1 is 1.15 bits per heavy atom. The van der Waals surface area contributed by atoms with E-state index in [9.17, 15) is 27.1 Å². The van der Waals surface area contributed by atoms with Crippen molar-refractivity contribution in [3.05, 3.63) is 35.4 Å². The zero-order valence-corrected chi connectivity index (χ0v) is 20.8. The molecule has 0 aliphatic carbocycles. The van der Waals surface area contributed by atoms with Crippen LogP contribution in [0.4, 0.5) is 13.6 Å². The molecule has 0 radical (unpaired) electrons. The van der Waals surface area contributed by atoms with Crippen LogP contribution in [0.15, 0.2) is 18.2 Å². The summed E-state index contributed by atoms with van der Waals surface area (Å²) in [6.45, 7) is 7.91. The molecule has 0 spiro atoms. The molecule has 11 heteroatoms. The first-order valence-corrected chi connectivity index (χ1v) is 13.4. The minimum Gasteiger partial charge on any atom is -0.465 e. The highest BCUT2D eigenvalue weighted by atomic mass is 32.2. The van der Waals surface area contributed by atoms with Gasteiger partial charge in [-0.15, -0.1) is 0 Å². The van der Waals surface area contributed by atoms with Gasteiger partial charge in [-0.3, -0.25) is 9.80 Å². The van der Waals surface area contributed by atoms with E-state index < -0.39 is 45.4 Å². The van der Waals surface area contributed by atoms with Gasteiger partial charge >= 0.3 is 6.09 Å². The van der Waals surface area contributed by atoms with Gasteiger partial charge in [-0.1, -0.05) is 0 Å². The Morgan fingerprint density at radius 3 is 2.29 bits per heavy atom. The maximum absolute atomic E-state index is 14.7. The molecule has 1 N–H and O–H groups in total. The molecule has 4 rings (SSSR count). The predicted molar refractivity (Wildman–Crippen MR) is 122 cm³/mol. The lowest BCUT2D eigenvalue weighted by molar-refractivity contribution is -0.0994. The largest absolute Gasteiger partial charge is 0.465 e. The highest BCUT2D eigenvalue weighted by molar-refractivity contribution is 7.88. The van der Waals surface area contributed by atoms with E-state index in [2.05, 4.69) is 4.90 Å². The molecule has 3 aliphatic heterocycles. The van der Waals surface area contributed by atoms with Crippen molar-refractivity contribution < 1.29 is 31.8 Å². The molecule has 0 saturated carbocycles. The molecule has 1 aromatic rings. The molecular formula is C23H33F2N3O5S. The van der Waals surface area contributed by atoms with E-state index >= 15 is 0 Å². The van der Waals surface area contributed by atoms with E-state index in [1.165, 1.54) is 15.5 Å². The normalized spacial score (nSPS) is 30.9. The number of fused-ring (bicyclic) bond motifs is 1. The lowest BCUT2D eigenvalue weighted by Crippen LogP contribution is -2.58. The molecule has 190 valence electrons. The van der Waals surface area contributed by atoms with Crippen LogP contribution in [-0.2, 0) is 14.8 Å². The van der Waals surface area contributed by atoms with Crippen LogP contribution in [0.3, 0.4) is 0 Å². The number of sulfonamides is 1. The van der Waals surface area contributed by atoms with Crippen molar-refractivity contribution in [1.82, 2.24) is 14.1 Å². The molecule has 3 aliphatic rings. The van der Waals surface area contributed by atoms with Crippen LogP contribution in [0.5, 0.6) is 0 Å². The highest BCUT2D eigenvalue weighted by Crippen LogP contribution is 2.41. The topological polar surface area (TPSA) is 90.4 Å². The summed E-state index contributed by atoms with van der Waals surface area (Å²) in [6, 6.07) is 2.31. The van der Waals surface area contributed by atoms with E-state index in [1.54, 1.807) is 20.8 Å². The molecule has 2 unspecified atom stereocenters. The van der Waals surface area contributed by atoms with Crippen molar-refractivity contribution in [3.63, 3.8) is 0 Å². The van der Waals surface area contributed by atoms with Crippen LogP contribution >= 0.6 is 0 Å². The molecule has 1 aromatic carbocycles. The van der Waals surface area contributed by atoms with Gasteiger partial charge in [0.2, 0.25) is 10.0 Å². The van der Waals surface area contributed by atoms with Gasteiger partial charge in [0.15, 0.2) is 0 Å². The van der Waals surface area contributed by atoms with Crippen molar-refractivity contribution in [2.45, 2.75) is 50.9 Å². The van der Waals surface area contributed by atoms with E-state index in [-0.39, 0.29) is 30.0 Å². The summed E-state index contributed by atoms with van der Waals surface area (Å²) in [5.41, 5.74) is -0.776. The van der Waals surface area contributed by atoms with Gasteiger partial charge in [-0.25, -0.2) is 26.3 Å². The standard InChI is InChI=1S/C23H33F2N3O5S/c1-23(2,3)28(22(29)30)20-8-17(13-33-21(20)18-7-16(24)5-6-19(18)25)26-9-14-11-27(34(4,31)32)12-15(14)10-26/h5-7,14-15,17,20-21H,8-13H2,1-4H3,(H,29,30)/t14?,15?,17-,20+,21-/m1/s1. The Bertz CT molecular complexity index is 1030. The highest BCUT2D eigenvalue weighted by Gasteiger charge is 2.49. The van der Waals surface area contributed by atoms with Crippen LogP contribution in [0, 0.1) is 23.5 Å². The smallest absolute Gasteiger partial charge is 0.408 e. The first kappa shape index (κ1) is 25.3. The second kappa shape index (κ2) is 9.00. The molecule has 8 nitrogen and oxygen atoms in total. The van der Waals surface area contributed by atoms with Crippen LogP contribution in [0.25, 0.3) is 0 Å². The molecule has 0 bridgehead atoms. The predicted octanol–water partition coefficient (Wildman–Crippen LogP) is 2.77. The Kier molecular flexibility index (Phi) is 6.69. The maximum atomic E-state index is 14.7. The van der Waals surface area contributed by atoms with Gasteiger partial charge in [-0.2, -0.15) is 0 Å². The Balaban J connectivity index is 1.58. The molecule has 1 amide bonds. The lowest BCUT2D eigenvalue weighted by Gasteiger charge is -2.48. The fourth-order valence-electron chi connectivity index (χ4n) is 5.80. The van der Waals surface area contributed by atoms with Gasteiger partial charge in [0.1, 0.15) is 17.7 Å². The number of ether oxygens (including phenoxy) is 1. The molecule has 3 heterocycles. The van der Waals surface area contributed by atoms with E-state index in [0.29, 0.717) is 32.6 Å². The fourth-order valence-corrected chi connectivity index (χ4v) is 6.73. The molecular weight excluding hydrogens is 468 g/mol. The van der Waals surface area contributed by atoms with Crippen molar-refractivity contribution in [2.24, 2.45) is 11.8 Å². The third-order valence-corrected chi connectivity index (χ3v) is 8.56. The number of nitrogens with zero attached hydrogens (tertiary/aromatic N) is 3. The number of hydrogen-bond acceptors (Lipinski definition) is 5. The quantitative estimate of drug-likeness (QED) is 0.683. The molecule has 3 fully saturated rings. The van der Waals surface area contributed by atoms with Crippen molar-refractivity contribution in [2.75, 3.05) is 39.0 Å². The van der Waals surface area contributed by atoms with Crippen LogP contribution in [0.2, 0.25) is 0 Å². The average molecular weight is 502 g/mol. The summed E-state index contributed by atoms with van der Waals surface area (Å²) in [5.74, 6) is -0.818. The van der Waals surface area contributed by atoms with E-state index in [0.717, 1.165) is 18.2 Å². The third kappa shape index (κ3) is 4.93. The number of carboxylic acid groups (broad SMARTS) is 1. The Morgan fingerprint density at radius 2 is 1.76 bits per heavy atom. The number of halogens is 2. The molecule has 34 heavy (non-hydrogen) atoms. The average Bonchev–Trinajstić information content (AvgIpc) is 3.28. The summed E-state index contributed by atoms with van der Waals surface area (Å²) in [7, 11) is -3.23. The van der Waals surface area contributed by atoms with E-state index in [4.69, 9.17) is 4.74 Å². The SMILES string of the molecule is CC(C)(C)N(C(=O)O)[C@H]1C[C@@H](N2CC3CN(S(C)(=O)=O)CC3C2)CO[C@@H]1c1cc(F)ccc1F. The molecule has 5 atom stereocenters. The zero-order valence-electron chi connectivity index (χ0n) is 19.9. The van der Waals surface area contributed by atoms with Crippen LogP contribution < -0.4 is 0 Å². The first-order chi connectivity index (χ1) is 15.8. The fraction of sp³-hybridized carbons (Fsp3) is 0.696. The Labute approximate surface area is 199 Å². The van der Waals surface area contributed by atoms with Gasteiger partial charge in [0.25, 0.3) is 0 Å². The minimum absolute atomic E-state index is 0.0148. The van der Waals surface area contributed by atoms with Crippen molar-refractivity contribution in [3.8, 4) is 0 Å². The first-order valence-electron chi connectivity index (χ1n) is 11.5. The summed E-state index contributed by atoms with van der Waals surface area (Å²) >= 11 is 0. The zero-order chi connectivity index (χ0) is 25.0. The number of hydrogen-bond donors (Lipinski definition) is 1. The molecule has 3 saturated heterocycles. The van der Waals surface area contributed by atoms with Gasteiger partial charge < -0.3 is 9.84 Å². The number of carbonyl (C=O) groups is 1. The number of rotatable bonds is 4. The lowest BCUT2D eigenvalue weighted by atomic mass is 9.88. The van der Waals surface area contributed by atoms with Gasteiger partial charge in [0.05, 0.1) is 18.9 Å². The number of likely N-dealkylation sites (tertiary alicyclic amines) is 1. The maximum Gasteiger partial charge on any atom is 0.408 e. The number of amides is 1. The van der Waals surface area contributed by atoms with Gasteiger partial charge in [-0.05, 0) is 57.2 Å². The minimum atomic E-state index is -3.23. The summed E-state index contributed by atoms with van der Waals surface area (Å²) in [4.78, 5) is 15.8. The van der Waals surface area contributed by atoms with Crippen LogP contribution in [0.1, 0.15) is 38.9 Å². The Hall–Kier alpha value is -1.82. The monoisotopic (exact) mass is 501 g/mol. The van der Waals surface area contributed by atoms with E-state index in [1.807, 2.05) is 0 Å². The van der Waals surface area contributed by atoms with Crippen molar-refractivity contribution in [1.29, 1.82) is 0 Å². The van der Waals surface area contributed by atoms with Gasteiger partial charge in [0, 0.05) is 43.3 Å². The van der Waals surface area contributed by atoms with Crippen LogP contribution in [-0.4, -0.2) is 90.4 Å². The summed E-state index contributed by atoms with van der Waals surface area (Å²) in [6.07, 6.45) is -0.459. The van der Waals surface area contributed by atoms with Crippen molar-refractivity contribution >= 4 is 16.1 Å². The number of benzene rings is 1. The molecule has 0 aromatic heterocycles. The third-order valence-electron chi connectivity index (χ3n) is 7.32.